The van der Waals surface area contributed by atoms with Crippen molar-refractivity contribution >= 4 is 22.7 Å². The zero-order valence-corrected chi connectivity index (χ0v) is 20.5. The molecule has 2 unspecified atom stereocenters. The summed E-state index contributed by atoms with van der Waals surface area (Å²) in [6.45, 7) is 0. The smallest absolute Gasteiger partial charge is 0.308 e. The predicted molar refractivity (Wildman–Crippen MR) is 135 cm³/mol. The minimum absolute atomic E-state index is 0.0314. The molecule has 0 aliphatic heterocycles. The Morgan fingerprint density at radius 1 is 1.03 bits per heavy atom. The molecule has 7 rings (SSSR count). The number of nitrogens with one attached hydrogen (secondary N) is 2. The fourth-order valence-electron chi connectivity index (χ4n) is 6.13. The van der Waals surface area contributed by atoms with E-state index in [1.165, 1.54) is 31.5 Å². The van der Waals surface area contributed by atoms with E-state index in [0.29, 0.717) is 22.6 Å². The normalized spacial score (nSPS) is 22.5. The molecule has 3 N–H and O–H groups in total. The van der Waals surface area contributed by atoms with Crippen LogP contribution in [0.25, 0.3) is 33.5 Å². The van der Waals surface area contributed by atoms with Crippen molar-refractivity contribution in [2.24, 2.45) is 17.8 Å². The van der Waals surface area contributed by atoms with Crippen molar-refractivity contribution in [3.8, 4) is 28.4 Å². The van der Waals surface area contributed by atoms with Crippen molar-refractivity contribution in [3.05, 3.63) is 60.0 Å². The van der Waals surface area contributed by atoms with Gasteiger partial charge in [-0.2, -0.15) is 0 Å². The first-order valence-corrected chi connectivity index (χ1v) is 12.5. The van der Waals surface area contributed by atoms with Gasteiger partial charge < -0.3 is 20.1 Å². The molecule has 2 bridgehead atoms. The fraction of sp³-hybridized carbons (Fsp3) is 0.321. The van der Waals surface area contributed by atoms with E-state index in [1.54, 1.807) is 12.1 Å². The minimum atomic E-state index is -0.836. The van der Waals surface area contributed by atoms with Crippen LogP contribution in [0.1, 0.15) is 25.7 Å². The number of hydrogen-bond donors (Lipinski definition) is 3. The Kier molecular flexibility index (Phi) is 5.97. The standard InChI is InChI=1S/C28H25F3N4O3/c1-38-22-8-15(6-7-19(22)30)21-11-23(34-25-14-4-2-13(3-5-14)24(25)28(36)37)35-27(33-21)18-12-32-26-17(18)9-16(29)10-20(26)31/h6-14,24-25,32H,2-5H2,1H3,(H,36,37)(H,33,34,35). The molecule has 3 aliphatic carbocycles. The Balaban J connectivity index is 1.49. The number of carboxylic acid groups (broad SMARTS) is 1. The second-order valence-electron chi connectivity index (χ2n) is 10.0. The fourth-order valence-corrected chi connectivity index (χ4v) is 6.13. The quantitative estimate of drug-likeness (QED) is 0.286. The lowest BCUT2D eigenvalue weighted by Gasteiger charge is -2.47. The number of aliphatic carboxylic acids is 1. The molecule has 7 nitrogen and oxygen atoms in total. The molecule has 3 fully saturated rings. The van der Waals surface area contributed by atoms with Crippen molar-refractivity contribution in [1.82, 2.24) is 15.0 Å². The van der Waals surface area contributed by atoms with Gasteiger partial charge in [-0.15, -0.1) is 0 Å². The van der Waals surface area contributed by atoms with Gasteiger partial charge in [0.15, 0.2) is 17.4 Å². The van der Waals surface area contributed by atoms with Gasteiger partial charge in [-0.05, 0) is 61.8 Å². The second-order valence-corrected chi connectivity index (χ2v) is 10.0. The van der Waals surface area contributed by atoms with Gasteiger partial charge in [0.25, 0.3) is 0 Å². The summed E-state index contributed by atoms with van der Waals surface area (Å²) in [5.74, 6) is -2.54. The summed E-state index contributed by atoms with van der Waals surface area (Å²) < 4.78 is 47.8. The average molecular weight is 523 g/mol. The second kappa shape index (κ2) is 9.34. The molecule has 0 saturated heterocycles. The van der Waals surface area contributed by atoms with Gasteiger partial charge in [0.2, 0.25) is 0 Å². The summed E-state index contributed by atoms with van der Waals surface area (Å²) in [4.78, 5) is 24.3. The number of fused-ring (bicyclic) bond motifs is 4. The molecule has 0 radical (unpaired) electrons. The lowest BCUT2D eigenvalue weighted by molar-refractivity contribution is -0.148. The number of ether oxygens (including phenoxy) is 1. The minimum Gasteiger partial charge on any atom is -0.494 e. The van der Waals surface area contributed by atoms with E-state index >= 15 is 0 Å². The van der Waals surface area contributed by atoms with Gasteiger partial charge in [-0.1, -0.05) is 0 Å². The highest BCUT2D eigenvalue weighted by atomic mass is 19.1. The van der Waals surface area contributed by atoms with Crippen LogP contribution in [0.3, 0.4) is 0 Å². The molecule has 2 atom stereocenters. The zero-order chi connectivity index (χ0) is 26.6. The monoisotopic (exact) mass is 522 g/mol. The van der Waals surface area contributed by atoms with E-state index in [4.69, 9.17) is 4.74 Å². The number of methoxy groups -OCH3 is 1. The maximum absolute atomic E-state index is 14.4. The maximum atomic E-state index is 14.4. The molecule has 3 aliphatic rings. The first-order chi connectivity index (χ1) is 18.3. The van der Waals surface area contributed by atoms with E-state index in [0.717, 1.165) is 31.7 Å². The number of nitrogens with zero attached hydrogens (tertiary/aromatic N) is 2. The number of benzene rings is 2. The number of aromatic nitrogens is 3. The Morgan fingerprint density at radius 3 is 2.53 bits per heavy atom. The van der Waals surface area contributed by atoms with Crippen LogP contribution < -0.4 is 10.1 Å². The molecule has 4 aromatic rings. The number of carbonyl (C=O) groups is 1. The summed E-state index contributed by atoms with van der Waals surface area (Å²) >= 11 is 0. The first kappa shape index (κ1) is 24.3. The summed E-state index contributed by atoms with van der Waals surface area (Å²) in [6, 6.07) is 7.66. The van der Waals surface area contributed by atoms with Crippen LogP contribution in [0.4, 0.5) is 19.0 Å². The van der Waals surface area contributed by atoms with Gasteiger partial charge in [0.1, 0.15) is 17.5 Å². The number of aromatic amines is 1. The molecule has 2 aromatic heterocycles. The van der Waals surface area contributed by atoms with E-state index in [2.05, 4.69) is 20.3 Å². The van der Waals surface area contributed by atoms with Gasteiger partial charge >= 0.3 is 5.97 Å². The Bertz CT molecular complexity index is 1550. The topological polar surface area (TPSA) is 100 Å². The SMILES string of the molecule is COc1cc(-c2cc(NC3C4CCC(CC4)C3C(=O)O)nc(-c3c[nH]c4c(F)cc(F)cc34)n2)ccc1F. The number of halogens is 3. The molecule has 0 spiro atoms. The van der Waals surface area contributed by atoms with Crippen molar-refractivity contribution in [2.45, 2.75) is 31.7 Å². The third-order valence-corrected chi connectivity index (χ3v) is 7.94. The van der Waals surface area contributed by atoms with Crippen molar-refractivity contribution in [1.29, 1.82) is 0 Å². The van der Waals surface area contributed by atoms with Crippen LogP contribution in [0.15, 0.2) is 42.6 Å². The third-order valence-electron chi connectivity index (χ3n) is 7.94. The molecule has 0 amide bonds. The molecule has 3 saturated carbocycles. The summed E-state index contributed by atoms with van der Waals surface area (Å²) in [7, 11) is 1.36. The van der Waals surface area contributed by atoms with Crippen LogP contribution >= 0.6 is 0 Å². The lowest BCUT2D eigenvalue weighted by Crippen LogP contribution is -2.51. The van der Waals surface area contributed by atoms with E-state index in [1.807, 2.05) is 0 Å². The number of H-pyrrole nitrogens is 1. The highest BCUT2D eigenvalue weighted by Gasteiger charge is 2.47. The summed E-state index contributed by atoms with van der Waals surface area (Å²) in [5, 5.41) is 13.6. The lowest BCUT2D eigenvalue weighted by atomic mass is 9.61. The molecular formula is C28H25F3N4O3. The predicted octanol–water partition coefficient (Wildman–Crippen LogP) is 6.02. The molecule has 2 aromatic carbocycles. The highest BCUT2D eigenvalue weighted by Crippen LogP contribution is 2.46. The Morgan fingerprint density at radius 2 is 1.79 bits per heavy atom. The highest BCUT2D eigenvalue weighted by molar-refractivity contribution is 5.94. The molecular weight excluding hydrogens is 497 g/mol. The van der Waals surface area contributed by atoms with Gasteiger partial charge in [-0.25, -0.2) is 23.1 Å². The molecule has 38 heavy (non-hydrogen) atoms. The van der Waals surface area contributed by atoms with Crippen LogP contribution in [0.2, 0.25) is 0 Å². The van der Waals surface area contributed by atoms with E-state index < -0.39 is 29.3 Å². The van der Waals surface area contributed by atoms with E-state index in [-0.39, 0.29) is 40.4 Å². The van der Waals surface area contributed by atoms with Crippen molar-refractivity contribution in [3.63, 3.8) is 0 Å². The van der Waals surface area contributed by atoms with Gasteiger partial charge in [0, 0.05) is 40.9 Å². The molecule has 10 heteroatoms. The van der Waals surface area contributed by atoms with Gasteiger partial charge in [-0.3, -0.25) is 4.79 Å². The summed E-state index contributed by atoms with van der Waals surface area (Å²) in [6.07, 6.45) is 5.16. The van der Waals surface area contributed by atoms with Crippen LogP contribution in [0.5, 0.6) is 5.75 Å². The first-order valence-electron chi connectivity index (χ1n) is 12.5. The number of carboxylic acids is 1. The maximum Gasteiger partial charge on any atom is 0.308 e. The van der Waals surface area contributed by atoms with Gasteiger partial charge in [0.05, 0.1) is 24.2 Å². The number of rotatable bonds is 6. The van der Waals surface area contributed by atoms with Crippen molar-refractivity contribution in [2.75, 3.05) is 12.4 Å². The Hall–Kier alpha value is -4.08. The molecule has 2 heterocycles. The van der Waals surface area contributed by atoms with Crippen LogP contribution in [-0.2, 0) is 4.79 Å². The van der Waals surface area contributed by atoms with Crippen LogP contribution in [-0.4, -0.2) is 39.2 Å². The number of hydrogen-bond acceptors (Lipinski definition) is 5. The summed E-state index contributed by atoms with van der Waals surface area (Å²) in [5.41, 5.74) is 1.43. The van der Waals surface area contributed by atoms with E-state index in [9.17, 15) is 23.1 Å². The Labute approximate surface area is 216 Å². The van der Waals surface area contributed by atoms with Crippen molar-refractivity contribution < 1.29 is 27.8 Å². The average Bonchev–Trinajstić information content (AvgIpc) is 3.33. The number of anilines is 1. The zero-order valence-electron chi connectivity index (χ0n) is 20.5. The molecule has 196 valence electrons. The largest absolute Gasteiger partial charge is 0.494 e. The third kappa shape index (κ3) is 4.13. The van der Waals surface area contributed by atoms with Crippen LogP contribution in [0, 0.1) is 35.2 Å².